The fourth-order valence-corrected chi connectivity index (χ4v) is 6.76. The number of hydrogen-bond donors (Lipinski definition) is 0. The standard InChI is InChI=1S/C26H36O6/c1-6-17-13-26(2)22(12-23(31-15-28-4)25(26)32-16-29-5)21-9-7-18-11-19(30-14-27-3)8-10-20(18)24(17)21/h1,8,10-11,17,21-25H,7,9,12-16H2,2-5H3/t17-,21-,22-,23+,24+,25-,26-/m0/s1. The number of aryl methyl sites for hydroxylation is 1. The van der Waals surface area contributed by atoms with Crippen LogP contribution in [0.4, 0.5) is 0 Å². The van der Waals surface area contributed by atoms with Crippen molar-refractivity contribution < 1.29 is 28.4 Å². The molecule has 0 heterocycles. The summed E-state index contributed by atoms with van der Waals surface area (Å²) >= 11 is 0. The van der Waals surface area contributed by atoms with E-state index in [1.165, 1.54) is 11.1 Å². The molecule has 176 valence electrons. The van der Waals surface area contributed by atoms with Gasteiger partial charge in [0.1, 0.15) is 19.3 Å². The van der Waals surface area contributed by atoms with Crippen LogP contribution in [0, 0.1) is 35.5 Å². The van der Waals surface area contributed by atoms with Crippen LogP contribution in [0.1, 0.15) is 43.2 Å². The first-order valence-corrected chi connectivity index (χ1v) is 11.5. The number of methoxy groups -OCH3 is 3. The van der Waals surface area contributed by atoms with Gasteiger partial charge in [0.25, 0.3) is 0 Å². The van der Waals surface area contributed by atoms with Gasteiger partial charge in [0.2, 0.25) is 0 Å². The minimum atomic E-state index is -0.0642. The van der Waals surface area contributed by atoms with Crippen LogP contribution in [0.15, 0.2) is 18.2 Å². The van der Waals surface area contributed by atoms with E-state index in [-0.39, 0.29) is 43.9 Å². The zero-order chi connectivity index (χ0) is 22.7. The number of terminal acetylenes is 1. The van der Waals surface area contributed by atoms with Crippen molar-refractivity contribution in [1.82, 2.24) is 0 Å². The Labute approximate surface area is 191 Å². The van der Waals surface area contributed by atoms with Crippen LogP contribution in [-0.2, 0) is 30.1 Å². The predicted molar refractivity (Wildman–Crippen MR) is 120 cm³/mol. The highest BCUT2D eigenvalue weighted by Crippen LogP contribution is 2.63. The third-order valence-electron chi connectivity index (χ3n) is 7.94. The summed E-state index contributed by atoms with van der Waals surface area (Å²) in [6.07, 6.45) is 10.1. The molecule has 4 rings (SSSR count). The summed E-state index contributed by atoms with van der Waals surface area (Å²) in [5.41, 5.74) is 2.67. The van der Waals surface area contributed by atoms with E-state index in [9.17, 15) is 0 Å². The quantitative estimate of drug-likeness (QED) is 0.424. The molecule has 6 heteroatoms. The van der Waals surface area contributed by atoms with E-state index < -0.39 is 0 Å². The smallest absolute Gasteiger partial charge is 0.188 e. The number of ether oxygens (including phenoxy) is 6. The van der Waals surface area contributed by atoms with E-state index in [0.717, 1.165) is 31.4 Å². The average molecular weight is 445 g/mol. The second-order valence-corrected chi connectivity index (χ2v) is 9.57. The number of fused-ring (bicyclic) bond motifs is 5. The van der Waals surface area contributed by atoms with Crippen LogP contribution in [0.3, 0.4) is 0 Å². The van der Waals surface area contributed by atoms with Crippen LogP contribution in [0.5, 0.6) is 5.75 Å². The van der Waals surface area contributed by atoms with Crippen molar-refractivity contribution in [2.24, 2.45) is 23.2 Å². The van der Waals surface area contributed by atoms with Gasteiger partial charge in [-0.3, -0.25) is 0 Å². The second-order valence-electron chi connectivity index (χ2n) is 9.57. The van der Waals surface area contributed by atoms with Crippen LogP contribution in [0.25, 0.3) is 0 Å². The highest BCUT2D eigenvalue weighted by atomic mass is 16.7. The maximum absolute atomic E-state index is 6.23. The molecule has 1 aromatic rings. The molecular formula is C26H36O6. The third kappa shape index (κ3) is 4.18. The highest BCUT2D eigenvalue weighted by molar-refractivity contribution is 5.42. The van der Waals surface area contributed by atoms with Gasteiger partial charge < -0.3 is 28.4 Å². The van der Waals surface area contributed by atoms with Gasteiger partial charge in [-0.15, -0.1) is 12.3 Å². The zero-order valence-electron chi connectivity index (χ0n) is 19.7. The van der Waals surface area contributed by atoms with Crippen LogP contribution in [0.2, 0.25) is 0 Å². The van der Waals surface area contributed by atoms with Crippen molar-refractivity contribution in [3.8, 4) is 18.1 Å². The van der Waals surface area contributed by atoms with Gasteiger partial charge in [-0.2, -0.15) is 0 Å². The molecule has 0 bridgehead atoms. The summed E-state index contributed by atoms with van der Waals surface area (Å²) in [6, 6.07) is 6.43. The van der Waals surface area contributed by atoms with Crippen molar-refractivity contribution >= 4 is 0 Å². The minimum Gasteiger partial charge on any atom is -0.468 e. The summed E-state index contributed by atoms with van der Waals surface area (Å²) < 4.78 is 33.5. The molecule has 2 saturated carbocycles. The fourth-order valence-electron chi connectivity index (χ4n) is 6.76. The lowest BCUT2D eigenvalue weighted by molar-refractivity contribution is -0.177. The molecule has 0 aromatic heterocycles. The Bertz CT molecular complexity index is 819. The Morgan fingerprint density at radius 3 is 2.53 bits per heavy atom. The third-order valence-corrected chi connectivity index (χ3v) is 7.94. The summed E-state index contributed by atoms with van der Waals surface area (Å²) in [4.78, 5) is 0. The molecule has 2 fully saturated rings. The van der Waals surface area contributed by atoms with E-state index in [2.05, 4.69) is 25.0 Å². The molecule has 0 spiro atoms. The first kappa shape index (κ1) is 23.5. The van der Waals surface area contributed by atoms with E-state index >= 15 is 0 Å². The molecule has 0 N–H and O–H groups in total. The Hall–Kier alpha value is -1.62. The normalized spacial score (nSPS) is 35.5. The molecular weight excluding hydrogens is 408 g/mol. The summed E-state index contributed by atoms with van der Waals surface area (Å²) in [5, 5.41) is 0. The van der Waals surface area contributed by atoms with Gasteiger partial charge >= 0.3 is 0 Å². The number of hydrogen-bond acceptors (Lipinski definition) is 6. The van der Waals surface area contributed by atoms with Crippen LogP contribution in [-0.4, -0.2) is 53.9 Å². The van der Waals surface area contributed by atoms with Crippen LogP contribution < -0.4 is 4.74 Å². The van der Waals surface area contributed by atoms with E-state index in [0.29, 0.717) is 17.8 Å². The lowest BCUT2D eigenvalue weighted by Gasteiger charge is -2.52. The molecule has 7 atom stereocenters. The van der Waals surface area contributed by atoms with Crippen LogP contribution >= 0.6 is 0 Å². The second kappa shape index (κ2) is 10.1. The lowest BCUT2D eigenvalue weighted by Crippen LogP contribution is -2.49. The molecule has 3 aliphatic carbocycles. The van der Waals surface area contributed by atoms with Crippen molar-refractivity contribution in [1.29, 1.82) is 0 Å². The predicted octanol–water partition coefficient (Wildman–Crippen LogP) is 3.97. The van der Waals surface area contributed by atoms with Gasteiger partial charge in [0.15, 0.2) is 6.79 Å². The maximum atomic E-state index is 6.23. The molecule has 0 amide bonds. The first-order valence-electron chi connectivity index (χ1n) is 11.5. The molecule has 0 radical (unpaired) electrons. The average Bonchev–Trinajstić information content (AvgIpc) is 3.09. The molecule has 1 aromatic carbocycles. The molecule has 6 nitrogen and oxygen atoms in total. The minimum absolute atomic E-state index is 0.0245. The zero-order valence-corrected chi connectivity index (χ0v) is 19.7. The van der Waals surface area contributed by atoms with E-state index in [1.54, 1.807) is 21.3 Å². The molecule has 32 heavy (non-hydrogen) atoms. The summed E-state index contributed by atoms with van der Waals surface area (Å²) in [5.74, 6) is 5.48. The van der Waals surface area contributed by atoms with E-state index in [1.807, 2.05) is 6.07 Å². The van der Waals surface area contributed by atoms with Crippen molar-refractivity contribution in [2.75, 3.05) is 41.7 Å². The van der Waals surface area contributed by atoms with Gasteiger partial charge in [-0.1, -0.05) is 13.0 Å². The number of benzene rings is 1. The number of rotatable bonds is 9. The largest absolute Gasteiger partial charge is 0.468 e. The van der Waals surface area contributed by atoms with Crippen molar-refractivity contribution in [3.63, 3.8) is 0 Å². The lowest BCUT2D eigenvalue weighted by atomic mass is 9.52. The fraction of sp³-hybridized carbons (Fsp3) is 0.692. The van der Waals surface area contributed by atoms with Gasteiger partial charge in [-0.25, -0.2) is 0 Å². The molecule has 0 unspecified atom stereocenters. The topological polar surface area (TPSA) is 55.4 Å². The molecule has 0 saturated heterocycles. The van der Waals surface area contributed by atoms with Gasteiger partial charge in [-0.05, 0) is 60.8 Å². The van der Waals surface area contributed by atoms with E-state index in [4.69, 9.17) is 34.8 Å². The molecule has 3 aliphatic rings. The SMILES string of the molecule is C#C[C@H]1C[C@@]2(C)[C@@H](C[C@@H](OCOC)[C@@H]2OCOC)[C@@H]2CCc3cc(OCOC)ccc3[C@H]21. The van der Waals surface area contributed by atoms with Gasteiger partial charge in [0, 0.05) is 38.6 Å². The molecule has 0 aliphatic heterocycles. The van der Waals surface area contributed by atoms with Crippen molar-refractivity contribution in [2.45, 2.75) is 50.7 Å². The van der Waals surface area contributed by atoms with Crippen molar-refractivity contribution in [3.05, 3.63) is 29.3 Å². The maximum Gasteiger partial charge on any atom is 0.188 e. The summed E-state index contributed by atoms with van der Waals surface area (Å²) in [6.45, 7) is 3.11. The highest BCUT2D eigenvalue weighted by Gasteiger charge is 2.61. The Kier molecular flexibility index (Phi) is 7.44. The Morgan fingerprint density at radius 1 is 1.06 bits per heavy atom. The summed E-state index contributed by atoms with van der Waals surface area (Å²) in [7, 11) is 4.94. The Morgan fingerprint density at radius 2 is 1.81 bits per heavy atom. The first-order chi connectivity index (χ1) is 15.6. The Balaban J connectivity index is 1.65. The van der Waals surface area contributed by atoms with Gasteiger partial charge in [0.05, 0.1) is 12.2 Å². The monoisotopic (exact) mass is 444 g/mol.